The Morgan fingerprint density at radius 3 is 2.73 bits per heavy atom. The summed E-state index contributed by atoms with van der Waals surface area (Å²) in [7, 11) is 0. The maximum Gasteiger partial charge on any atom is 0.325 e. The largest absolute Gasteiger partial charge is 0.355 e. The molecule has 3 rings (SSSR count). The van der Waals surface area contributed by atoms with Crippen LogP contribution in [-0.2, 0) is 22.4 Å². The number of carbonyl (C=O) groups excluding carboxylic acids is 3. The summed E-state index contributed by atoms with van der Waals surface area (Å²) < 4.78 is 0. The third-order valence-electron chi connectivity index (χ3n) is 5.33. The molecule has 0 aromatic heterocycles. The molecule has 1 aliphatic heterocycles. The number of imide groups is 1. The van der Waals surface area contributed by atoms with Crippen molar-refractivity contribution in [1.29, 1.82) is 0 Å². The van der Waals surface area contributed by atoms with Crippen molar-refractivity contribution >= 4 is 17.8 Å². The van der Waals surface area contributed by atoms with Crippen molar-refractivity contribution in [3.05, 3.63) is 35.4 Å². The minimum absolute atomic E-state index is 0.207. The molecule has 1 fully saturated rings. The van der Waals surface area contributed by atoms with Gasteiger partial charge in [-0.25, -0.2) is 4.79 Å². The molecule has 0 radical (unpaired) electrons. The summed E-state index contributed by atoms with van der Waals surface area (Å²) >= 11 is 0. The standard InChI is InChI=1S/C20H27N3O3/c1-2-3-4-7-12-21-17(24)14-23-18(25)20(22-19(23)26)11-10-15-8-5-6-9-16(15)13-20/h5-6,8-9H,2-4,7,10-14H2,1H3,(H,21,24)(H,22,26). The van der Waals surface area contributed by atoms with Crippen molar-refractivity contribution in [2.24, 2.45) is 0 Å². The first kappa shape index (κ1) is 18.4. The smallest absolute Gasteiger partial charge is 0.325 e. The van der Waals surface area contributed by atoms with Gasteiger partial charge in [-0.3, -0.25) is 14.5 Å². The van der Waals surface area contributed by atoms with E-state index in [-0.39, 0.29) is 18.4 Å². The van der Waals surface area contributed by atoms with Gasteiger partial charge in [0.2, 0.25) is 5.91 Å². The lowest BCUT2D eigenvalue weighted by atomic mass is 9.78. The third-order valence-corrected chi connectivity index (χ3v) is 5.33. The number of hydrogen-bond donors (Lipinski definition) is 2. The van der Waals surface area contributed by atoms with Crippen LogP contribution in [0.3, 0.4) is 0 Å². The number of unbranched alkanes of at least 4 members (excludes halogenated alkanes) is 3. The first-order valence-electron chi connectivity index (χ1n) is 9.53. The van der Waals surface area contributed by atoms with Crippen LogP contribution in [0.2, 0.25) is 0 Å². The molecule has 0 bridgehead atoms. The Kier molecular flexibility index (Phi) is 5.59. The molecule has 140 valence electrons. The molecule has 1 saturated heterocycles. The third kappa shape index (κ3) is 3.74. The van der Waals surface area contributed by atoms with E-state index in [2.05, 4.69) is 23.6 Å². The molecule has 6 nitrogen and oxygen atoms in total. The van der Waals surface area contributed by atoms with E-state index in [1.165, 1.54) is 5.56 Å². The lowest BCUT2D eigenvalue weighted by molar-refractivity contribution is -0.135. The zero-order valence-electron chi connectivity index (χ0n) is 15.3. The predicted octanol–water partition coefficient (Wildman–Crippen LogP) is 2.16. The van der Waals surface area contributed by atoms with Gasteiger partial charge in [0.15, 0.2) is 0 Å². The first-order valence-corrected chi connectivity index (χ1v) is 9.53. The molecular formula is C20H27N3O3. The lowest BCUT2D eigenvalue weighted by Crippen LogP contribution is -2.51. The second kappa shape index (κ2) is 7.89. The summed E-state index contributed by atoms with van der Waals surface area (Å²) in [5, 5.41) is 5.66. The van der Waals surface area contributed by atoms with Gasteiger partial charge in [-0.1, -0.05) is 50.5 Å². The highest BCUT2D eigenvalue weighted by atomic mass is 16.2. The van der Waals surface area contributed by atoms with Crippen LogP contribution in [-0.4, -0.2) is 41.4 Å². The van der Waals surface area contributed by atoms with Crippen molar-refractivity contribution in [3.63, 3.8) is 0 Å². The van der Waals surface area contributed by atoms with Crippen LogP contribution in [0.1, 0.15) is 50.2 Å². The van der Waals surface area contributed by atoms with Crippen LogP contribution in [0.25, 0.3) is 0 Å². The van der Waals surface area contributed by atoms with E-state index >= 15 is 0 Å². The summed E-state index contributed by atoms with van der Waals surface area (Å²) in [5.74, 6) is -0.559. The topological polar surface area (TPSA) is 78.5 Å². The van der Waals surface area contributed by atoms with Gasteiger partial charge in [0.05, 0.1) is 0 Å². The lowest BCUT2D eigenvalue weighted by Gasteiger charge is -2.32. The van der Waals surface area contributed by atoms with E-state index < -0.39 is 11.6 Å². The van der Waals surface area contributed by atoms with Gasteiger partial charge in [-0.05, 0) is 30.4 Å². The summed E-state index contributed by atoms with van der Waals surface area (Å²) in [5.41, 5.74) is 1.42. The normalized spacial score (nSPS) is 21.7. The van der Waals surface area contributed by atoms with Crippen molar-refractivity contribution < 1.29 is 14.4 Å². The first-order chi connectivity index (χ1) is 12.6. The molecular weight excluding hydrogens is 330 g/mol. The highest BCUT2D eigenvalue weighted by Gasteiger charge is 2.52. The maximum atomic E-state index is 12.9. The number of amides is 4. The van der Waals surface area contributed by atoms with Crippen molar-refractivity contribution in [2.75, 3.05) is 13.1 Å². The van der Waals surface area contributed by atoms with Gasteiger partial charge in [0.1, 0.15) is 12.1 Å². The minimum atomic E-state index is -0.896. The fourth-order valence-electron chi connectivity index (χ4n) is 3.82. The van der Waals surface area contributed by atoms with E-state index in [1.807, 2.05) is 18.2 Å². The second-order valence-electron chi connectivity index (χ2n) is 7.26. The predicted molar refractivity (Wildman–Crippen MR) is 98.6 cm³/mol. The van der Waals surface area contributed by atoms with E-state index in [9.17, 15) is 14.4 Å². The number of hydrogen-bond acceptors (Lipinski definition) is 3. The molecule has 26 heavy (non-hydrogen) atoms. The Morgan fingerprint density at radius 2 is 1.96 bits per heavy atom. The number of rotatable bonds is 7. The highest BCUT2D eigenvalue weighted by Crippen LogP contribution is 2.33. The number of urea groups is 1. The molecule has 0 saturated carbocycles. The van der Waals surface area contributed by atoms with Gasteiger partial charge < -0.3 is 10.6 Å². The molecule has 4 amide bonds. The van der Waals surface area contributed by atoms with Gasteiger partial charge in [-0.2, -0.15) is 0 Å². The average molecular weight is 357 g/mol. The number of benzene rings is 1. The number of fused-ring (bicyclic) bond motifs is 1. The van der Waals surface area contributed by atoms with Crippen LogP contribution in [0.15, 0.2) is 24.3 Å². The zero-order chi connectivity index (χ0) is 18.6. The summed E-state index contributed by atoms with van der Waals surface area (Å²) in [6, 6.07) is 7.54. The molecule has 1 atom stereocenters. The molecule has 1 aromatic carbocycles. The van der Waals surface area contributed by atoms with Crippen LogP contribution < -0.4 is 10.6 Å². The molecule has 1 heterocycles. The number of nitrogens with one attached hydrogen (secondary N) is 2. The van der Waals surface area contributed by atoms with Gasteiger partial charge in [0.25, 0.3) is 5.91 Å². The molecule has 2 aliphatic rings. The molecule has 1 spiro atoms. The maximum absolute atomic E-state index is 12.9. The SMILES string of the molecule is CCCCCCNC(=O)CN1C(=O)NC2(CCc3ccccc3C2)C1=O. The molecule has 2 N–H and O–H groups in total. The van der Waals surface area contributed by atoms with Gasteiger partial charge >= 0.3 is 6.03 Å². The summed E-state index contributed by atoms with van der Waals surface area (Å²) in [6.07, 6.45) is 6.09. The molecule has 1 aliphatic carbocycles. The van der Waals surface area contributed by atoms with E-state index in [1.54, 1.807) is 0 Å². The van der Waals surface area contributed by atoms with Crippen LogP contribution >= 0.6 is 0 Å². The van der Waals surface area contributed by atoms with Gasteiger partial charge in [-0.15, -0.1) is 0 Å². The Bertz CT molecular complexity index is 703. The summed E-state index contributed by atoms with van der Waals surface area (Å²) in [4.78, 5) is 38.4. The Morgan fingerprint density at radius 1 is 1.19 bits per heavy atom. The Balaban J connectivity index is 1.58. The summed E-state index contributed by atoms with van der Waals surface area (Å²) in [6.45, 7) is 2.51. The van der Waals surface area contributed by atoms with Crippen molar-refractivity contribution in [2.45, 2.75) is 57.4 Å². The quantitative estimate of drug-likeness (QED) is 0.580. The number of nitrogens with zero attached hydrogens (tertiary/aromatic N) is 1. The monoisotopic (exact) mass is 357 g/mol. The fourth-order valence-corrected chi connectivity index (χ4v) is 3.82. The fraction of sp³-hybridized carbons (Fsp3) is 0.550. The Labute approximate surface area is 154 Å². The average Bonchev–Trinajstić information content (AvgIpc) is 2.85. The second-order valence-corrected chi connectivity index (χ2v) is 7.26. The van der Waals surface area contributed by atoms with Gasteiger partial charge in [0, 0.05) is 13.0 Å². The molecule has 1 unspecified atom stereocenters. The van der Waals surface area contributed by atoms with Crippen LogP contribution in [0.5, 0.6) is 0 Å². The zero-order valence-corrected chi connectivity index (χ0v) is 15.3. The van der Waals surface area contributed by atoms with E-state index in [4.69, 9.17) is 0 Å². The number of aryl methyl sites for hydroxylation is 1. The van der Waals surface area contributed by atoms with E-state index in [0.29, 0.717) is 19.4 Å². The van der Waals surface area contributed by atoms with E-state index in [0.717, 1.165) is 42.6 Å². The Hall–Kier alpha value is -2.37. The van der Waals surface area contributed by atoms with Crippen molar-refractivity contribution in [3.8, 4) is 0 Å². The molecule has 1 aromatic rings. The highest BCUT2D eigenvalue weighted by molar-refractivity contribution is 6.09. The van der Waals surface area contributed by atoms with Crippen LogP contribution in [0, 0.1) is 0 Å². The van der Waals surface area contributed by atoms with Crippen molar-refractivity contribution in [1.82, 2.24) is 15.5 Å². The molecule has 6 heteroatoms. The number of carbonyl (C=O) groups is 3. The minimum Gasteiger partial charge on any atom is -0.355 e. The van der Waals surface area contributed by atoms with Crippen LogP contribution in [0.4, 0.5) is 4.79 Å².